The van der Waals surface area contributed by atoms with E-state index in [4.69, 9.17) is 76.8 Å². The normalized spacial score (nSPS) is 10.7. The minimum Gasteiger partial charge on any atom is -0.493 e. The number of aromatic nitrogens is 4. The van der Waals surface area contributed by atoms with Crippen molar-refractivity contribution in [3.63, 3.8) is 0 Å². The Morgan fingerprint density at radius 2 is 1.02 bits per heavy atom. The fourth-order valence-corrected chi connectivity index (χ4v) is 6.62. The lowest BCUT2D eigenvalue weighted by molar-refractivity contribution is -0.119. The highest BCUT2D eigenvalue weighted by Crippen LogP contribution is 2.41. The predicted molar refractivity (Wildman–Crippen MR) is 230 cm³/mol. The first-order valence-electron chi connectivity index (χ1n) is 17.7. The number of aromatic amines is 2. The maximum absolute atomic E-state index is 12.3. The van der Waals surface area contributed by atoms with Crippen molar-refractivity contribution in [2.75, 3.05) is 38.1 Å². The third-order valence-corrected chi connectivity index (χ3v) is 9.56. The number of hydrogen-bond acceptors (Lipinski definition) is 12. The summed E-state index contributed by atoms with van der Waals surface area (Å²) in [5, 5.41) is 8.77. The molecule has 6 rings (SSSR count). The Balaban J connectivity index is 0.000000224. The number of unbranched alkanes of at least 4 members (excludes halogenated alkanes) is 1. The molecule has 0 aliphatic carbocycles. The highest BCUT2D eigenvalue weighted by molar-refractivity contribution is 6.39. The zero-order chi connectivity index (χ0) is 42.6. The summed E-state index contributed by atoms with van der Waals surface area (Å²) in [7, 11) is 3.01. The topological polar surface area (TPSA) is 239 Å². The first-order valence-corrected chi connectivity index (χ1v) is 19.2. The molecule has 6 aromatic rings. The highest BCUT2D eigenvalue weighted by atomic mass is 35.5. The van der Waals surface area contributed by atoms with Gasteiger partial charge in [-0.05, 0) is 43.5 Å². The van der Waals surface area contributed by atoms with Crippen LogP contribution < -0.4 is 52.2 Å². The second kappa shape index (κ2) is 20.7. The third-order valence-electron chi connectivity index (χ3n) is 8.41. The molecule has 4 aromatic heterocycles. The van der Waals surface area contributed by atoms with Gasteiger partial charge in [-0.1, -0.05) is 46.4 Å². The number of methoxy groups -OCH3 is 2. The van der Waals surface area contributed by atoms with Gasteiger partial charge in [-0.3, -0.25) is 29.1 Å². The molecule has 0 aliphatic heterocycles. The Hall–Kier alpha value is -5.94. The standard InChI is InChI=1S/C20H20Cl2N4O4.C19H18Cl2N4O4/c1-29-15-6-5-11-14(25-19-12(21)9-24-10-13(19)22)8-17(28)26-18(11)20(15)30-7-3-2-4-16(23)27;1-28-14-5-4-10-13(24-18-11(20)8-23-9-12(18)21)7-16(27)25-17(10)19(14)29-6-2-3-15(22)26/h5-6,8-10H,2-4,7H2,1H3,(H2,23,27)(H2,24,25,26,28);4-5,7-9H,2-3,6H2,1H3,(H2,22,26)(H2,23,24,25,27). The largest absolute Gasteiger partial charge is 0.493 e. The van der Waals surface area contributed by atoms with E-state index in [1.54, 1.807) is 24.3 Å². The first-order chi connectivity index (χ1) is 28.3. The number of H-pyrrole nitrogens is 2. The number of pyridine rings is 4. The minimum atomic E-state index is -0.413. The van der Waals surface area contributed by atoms with Crippen molar-refractivity contribution in [1.29, 1.82) is 0 Å². The summed E-state index contributed by atoms with van der Waals surface area (Å²) in [6.45, 7) is 0.546. The third kappa shape index (κ3) is 11.4. The van der Waals surface area contributed by atoms with Crippen molar-refractivity contribution in [1.82, 2.24) is 19.9 Å². The number of anilines is 4. The molecule has 2 amide bonds. The predicted octanol–water partition coefficient (Wildman–Crippen LogP) is 7.64. The smallest absolute Gasteiger partial charge is 0.250 e. The number of hydrogen-bond donors (Lipinski definition) is 6. The molecule has 0 unspecified atom stereocenters. The molecule has 0 saturated carbocycles. The Kier molecular flexibility index (Phi) is 15.5. The van der Waals surface area contributed by atoms with E-state index in [9.17, 15) is 19.2 Å². The van der Waals surface area contributed by atoms with Gasteiger partial charge in [-0.2, -0.15) is 0 Å². The van der Waals surface area contributed by atoms with Crippen LogP contribution in [-0.4, -0.2) is 59.2 Å². The van der Waals surface area contributed by atoms with Crippen LogP contribution in [0.1, 0.15) is 32.1 Å². The summed E-state index contributed by atoms with van der Waals surface area (Å²) >= 11 is 24.8. The summed E-state index contributed by atoms with van der Waals surface area (Å²) in [5.41, 5.74) is 12.3. The van der Waals surface area contributed by atoms with E-state index in [0.717, 1.165) is 0 Å². The molecular weight excluding hydrogens is 850 g/mol. The fourth-order valence-electron chi connectivity index (χ4n) is 5.70. The molecule has 0 fully saturated rings. The van der Waals surface area contributed by atoms with Crippen LogP contribution >= 0.6 is 46.4 Å². The quantitative estimate of drug-likeness (QED) is 0.0485. The Bertz CT molecular complexity index is 2570. The van der Waals surface area contributed by atoms with Gasteiger partial charge in [0, 0.05) is 60.5 Å². The minimum absolute atomic E-state index is 0.190. The van der Waals surface area contributed by atoms with Gasteiger partial charge in [-0.25, -0.2) is 0 Å². The number of ether oxygens (including phenoxy) is 4. The second-order valence-corrected chi connectivity index (χ2v) is 14.2. The van der Waals surface area contributed by atoms with Crippen LogP contribution in [0, 0.1) is 0 Å². The number of nitrogens with zero attached hydrogens (tertiary/aromatic N) is 2. The molecule has 8 N–H and O–H groups in total. The lowest BCUT2D eigenvalue weighted by atomic mass is 10.1. The fraction of sp³-hybridized carbons (Fsp3) is 0.231. The molecule has 0 bridgehead atoms. The van der Waals surface area contributed by atoms with Gasteiger partial charge in [0.1, 0.15) is 0 Å². The molecular formula is C39H38Cl4N8O8. The summed E-state index contributed by atoms with van der Waals surface area (Å²) in [4.78, 5) is 59.8. The van der Waals surface area contributed by atoms with Gasteiger partial charge < -0.3 is 51.0 Å². The van der Waals surface area contributed by atoms with Gasteiger partial charge in [0.15, 0.2) is 23.0 Å². The maximum Gasteiger partial charge on any atom is 0.250 e. The number of amides is 2. The van der Waals surface area contributed by atoms with Crippen molar-refractivity contribution < 1.29 is 28.5 Å². The van der Waals surface area contributed by atoms with E-state index < -0.39 is 5.91 Å². The Morgan fingerprint density at radius 3 is 1.41 bits per heavy atom. The van der Waals surface area contributed by atoms with Crippen LogP contribution in [0.25, 0.3) is 21.8 Å². The average molecular weight is 889 g/mol. The summed E-state index contributed by atoms with van der Waals surface area (Å²) in [6, 6.07) is 9.80. The molecule has 4 heterocycles. The van der Waals surface area contributed by atoms with Crippen molar-refractivity contribution >= 4 is 103 Å². The molecule has 2 aromatic carbocycles. The Morgan fingerprint density at radius 1 is 0.627 bits per heavy atom. The number of halogens is 4. The summed E-state index contributed by atoms with van der Waals surface area (Å²) < 4.78 is 22.5. The van der Waals surface area contributed by atoms with Crippen LogP contribution in [0.5, 0.6) is 23.0 Å². The first kappa shape index (κ1) is 44.2. The molecule has 0 radical (unpaired) electrons. The van der Waals surface area contributed by atoms with Gasteiger partial charge in [0.2, 0.25) is 11.8 Å². The zero-order valence-corrected chi connectivity index (χ0v) is 34.6. The lowest BCUT2D eigenvalue weighted by Gasteiger charge is -2.16. The van der Waals surface area contributed by atoms with E-state index in [-0.39, 0.29) is 36.5 Å². The molecule has 20 heteroatoms. The van der Waals surface area contributed by atoms with E-state index in [1.807, 2.05) is 0 Å². The number of rotatable bonds is 17. The van der Waals surface area contributed by atoms with Crippen LogP contribution in [0.15, 0.2) is 70.8 Å². The SMILES string of the molecule is COc1ccc2c(Nc3c(Cl)cncc3Cl)cc(=O)[nH]c2c1OCCCC(N)=O.COc1ccc2c(Nc3c(Cl)cncc3Cl)cc(=O)[nH]c2c1OCCCCC(N)=O. The molecule has 0 saturated heterocycles. The van der Waals surface area contributed by atoms with Gasteiger partial charge in [-0.15, -0.1) is 0 Å². The molecule has 0 spiro atoms. The van der Waals surface area contributed by atoms with Crippen LogP contribution in [0.4, 0.5) is 22.7 Å². The highest BCUT2D eigenvalue weighted by Gasteiger charge is 2.18. The van der Waals surface area contributed by atoms with E-state index in [2.05, 4.69) is 30.6 Å². The van der Waals surface area contributed by atoms with E-state index >= 15 is 0 Å². The van der Waals surface area contributed by atoms with Crippen molar-refractivity contribution in [3.8, 4) is 23.0 Å². The maximum atomic E-state index is 12.3. The van der Waals surface area contributed by atoms with Crippen molar-refractivity contribution in [2.45, 2.75) is 32.1 Å². The second-order valence-electron chi connectivity index (χ2n) is 12.5. The Labute approximate surface area is 356 Å². The molecule has 16 nitrogen and oxygen atoms in total. The number of carbonyl (C=O) groups excluding carboxylic acids is 2. The van der Waals surface area contributed by atoms with E-state index in [0.29, 0.717) is 114 Å². The van der Waals surface area contributed by atoms with Crippen molar-refractivity contribution in [2.24, 2.45) is 11.5 Å². The van der Waals surface area contributed by atoms with Gasteiger partial charge in [0.05, 0.1) is 81.3 Å². The number of carbonyl (C=O) groups is 2. The number of primary amides is 2. The summed E-state index contributed by atoms with van der Waals surface area (Å²) in [6.07, 6.45) is 7.92. The number of nitrogens with two attached hydrogens (primary N) is 2. The number of nitrogens with one attached hydrogen (secondary N) is 4. The lowest BCUT2D eigenvalue weighted by Crippen LogP contribution is -2.12. The zero-order valence-electron chi connectivity index (χ0n) is 31.6. The monoisotopic (exact) mass is 886 g/mol. The van der Waals surface area contributed by atoms with Crippen LogP contribution in [-0.2, 0) is 9.59 Å². The molecule has 0 aliphatic rings. The van der Waals surface area contributed by atoms with Crippen molar-refractivity contribution in [3.05, 3.63) is 102 Å². The number of fused-ring (bicyclic) bond motifs is 2. The van der Waals surface area contributed by atoms with E-state index in [1.165, 1.54) is 51.1 Å². The van der Waals surface area contributed by atoms with Crippen LogP contribution in [0.2, 0.25) is 20.1 Å². The average Bonchev–Trinajstić information content (AvgIpc) is 3.19. The van der Waals surface area contributed by atoms with Crippen LogP contribution in [0.3, 0.4) is 0 Å². The summed E-state index contributed by atoms with van der Waals surface area (Å²) in [5.74, 6) is 0.870. The molecule has 59 heavy (non-hydrogen) atoms. The molecule has 310 valence electrons. The molecule has 0 atom stereocenters. The number of benzene rings is 2. The van der Waals surface area contributed by atoms with Gasteiger partial charge in [0.25, 0.3) is 11.1 Å². The van der Waals surface area contributed by atoms with Gasteiger partial charge >= 0.3 is 0 Å².